The fourth-order valence-electron chi connectivity index (χ4n) is 2.53. The third kappa shape index (κ3) is 35.3. The summed E-state index contributed by atoms with van der Waals surface area (Å²) >= 11 is 0. The van der Waals surface area contributed by atoms with Gasteiger partial charge in [-0.25, -0.2) is 0 Å². The molecule has 0 fully saturated rings. The summed E-state index contributed by atoms with van der Waals surface area (Å²) in [5, 5.41) is 0. The predicted molar refractivity (Wildman–Crippen MR) is 129 cm³/mol. The molecule has 0 aromatic heterocycles. The normalized spacial score (nSPS) is 10.6. The SMILES string of the molecule is CC(=O)OCCCC/C=C/CCCCOC(C)=O.CCCC/C=C/CCCCOC(C)=O. The van der Waals surface area contributed by atoms with Gasteiger partial charge in [-0.3, -0.25) is 14.4 Å². The molecule has 0 radical (unpaired) electrons. The second-order valence-corrected chi connectivity index (χ2v) is 7.59. The van der Waals surface area contributed by atoms with Gasteiger partial charge in [0.2, 0.25) is 0 Å². The highest BCUT2D eigenvalue weighted by Gasteiger charge is 1.93. The fourth-order valence-corrected chi connectivity index (χ4v) is 2.53. The van der Waals surface area contributed by atoms with E-state index in [1.54, 1.807) is 0 Å². The van der Waals surface area contributed by atoms with Gasteiger partial charge >= 0.3 is 17.9 Å². The Bertz CT molecular complexity index is 484. The van der Waals surface area contributed by atoms with Crippen LogP contribution in [0.2, 0.25) is 0 Å². The van der Waals surface area contributed by atoms with E-state index in [0.717, 1.165) is 57.8 Å². The average Bonchev–Trinajstić information content (AvgIpc) is 2.73. The van der Waals surface area contributed by atoms with E-state index in [1.807, 2.05) is 0 Å². The van der Waals surface area contributed by atoms with E-state index < -0.39 is 0 Å². The molecule has 0 aromatic carbocycles. The molecule has 6 nitrogen and oxygen atoms in total. The largest absolute Gasteiger partial charge is 0.466 e. The third-order valence-electron chi connectivity index (χ3n) is 4.27. The summed E-state index contributed by atoms with van der Waals surface area (Å²) in [5.41, 5.74) is 0. The van der Waals surface area contributed by atoms with E-state index in [1.165, 1.54) is 40.0 Å². The number of allylic oxidation sites excluding steroid dienone is 4. The lowest BCUT2D eigenvalue weighted by atomic mass is 10.2. The van der Waals surface area contributed by atoms with E-state index in [9.17, 15) is 14.4 Å². The summed E-state index contributed by atoms with van der Waals surface area (Å²) in [6, 6.07) is 0. The summed E-state index contributed by atoms with van der Waals surface area (Å²) in [4.78, 5) is 31.4. The molecule has 0 unspecified atom stereocenters. The molecule has 0 aliphatic carbocycles. The number of rotatable bonds is 18. The van der Waals surface area contributed by atoms with Crippen LogP contribution in [0.5, 0.6) is 0 Å². The highest BCUT2D eigenvalue weighted by atomic mass is 16.5. The summed E-state index contributed by atoms with van der Waals surface area (Å²) < 4.78 is 14.5. The van der Waals surface area contributed by atoms with Crippen LogP contribution in [0.3, 0.4) is 0 Å². The molecule has 0 heterocycles. The minimum Gasteiger partial charge on any atom is -0.466 e. The zero-order chi connectivity index (χ0) is 24.3. The molecule has 0 atom stereocenters. The lowest BCUT2D eigenvalue weighted by Gasteiger charge is -2.00. The molecular formula is C26H46O6. The monoisotopic (exact) mass is 454 g/mol. The van der Waals surface area contributed by atoms with Crippen LogP contribution in [0.1, 0.15) is 105 Å². The van der Waals surface area contributed by atoms with Crippen molar-refractivity contribution in [3.63, 3.8) is 0 Å². The minimum absolute atomic E-state index is 0.177. The van der Waals surface area contributed by atoms with E-state index >= 15 is 0 Å². The molecule has 0 bridgehead atoms. The van der Waals surface area contributed by atoms with Gasteiger partial charge in [0.1, 0.15) is 0 Å². The highest BCUT2D eigenvalue weighted by Crippen LogP contribution is 2.02. The Morgan fingerprint density at radius 3 is 1.03 bits per heavy atom. The molecule has 0 rings (SSSR count). The van der Waals surface area contributed by atoms with Crippen molar-refractivity contribution in [1.82, 2.24) is 0 Å². The van der Waals surface area contributed by atoms with Crippen LogP contribution in [0.15, 0.2) is 24.3 Å². The predicted octanol–water partition coefficient (Wildman–Crippen LogP) is 6.48. The van der Waals surface area contributed by atoms with Crippen molar-refractivity contribution in [3.8, 4) is 0 Å². The lowest BCUT2D eigenvalue weighted by Crippen LogP contribution is -2.00. The van der Waals surface area contributed by atoms with Crippen molar-refractivity contribution in [2.75, 3.05) is 19.8 Å². The van der Waals surface area contributed by atoms with Crippen LogP contribution < -0.4 is 0 Å². The zero-order valence-corrected chi connectivity index (χ0v) is 20.9. The Hall–Kier alpha value is -2.11. The second-order valence-electron chi connectivity index (χ2n) is 7.59. The standard InChI is InChI=1S/C14H24O4.C12H22O2/c1-13(15)17-11-9-7-5-3-4-6-8-10-12-18-14(2)16;1-3-4-5-6-7-8-9-10-11-14-12(2)13/h3-4H,5-12H2,1-2H3;6-7H,3-5,8-11H2,1-2H3/b4-3+;7-6+. The molecule has 0 spiro atoms. The maximum atomic E-state index is 10.5. The maximum absolute atomic E-state index is 10.5. The Morgan fingerprint density at radius 2 is 0.781 bits per heavy atom. The number of carbonyl (C=O) groups excluding carboxylic acids is 3. The van der Waals surface area contributed by atoms with Crippen molar-refractivity contribution in [1.29, 1.82) is 0 Å². The molecule has 0 amide bonds. The van der Waals surface area contributed by atoms with Crippen LogP contribution in [0, 0.1) is 0 Å². The number of ether oxygens (including phenoxy) is 3. The van der Waals surface area contributed by atoms with Crippen molar-refractivity contribution in [3.05, 3.63) is 24.3 Å². The number of unbranched alkanes of at least 4 members (excludes halogenated alkanes) is 8. The first-order valence-electron chi connectivity index (χ1n) is 12.1. The van der Waals surface area contributed by atoms with Gasteiger partial charge in [-0.2, -0.15) is 0 Å². The van der Waals surface area contributed by atoms with Gasteiger partial charge in [-0.05, 0) is 64.2 Å². The van der Waals surface area contributed by atoms with E-state index in [-0.39, 0.29) is 17.9 Å². The van der Waals surface area contributed by atoms with Gasteiger partial charge in [-0.1, -0.05) is 44.1 Å². The first kappa shape index (κ1) is 32.1. The van der Waals surface area contributed by atoms with Gasteiger partial charge in [0.25, 0.3) is 0 Å². The lowest BCUT2D eigenvalue weighted by molar-refractivity contribution is -0.142. The van der Waals surface area contributed by atoms with Crippen molar-refractivity contribution in [2.24, 2.45) is 0 Å². The van der Waals surface area contributed by atoms with E-state index in [4.69, 9.17) is 14.2 Å². The van der Waals surface area contributed by atoms with Gasteiger partial charge in [0, 0.05) is 20.8 Å². The number of hydrogen-bond donors (Lipinski definition) is 0. The van der Waals surface area contributed by atoms with Crippen LogP contribution in [-0.2, 0) is 28.6 Å². The summed E-state index contributed by atoms with van der Waals surface area (Å²) in [6.45, 7) is 8.11. The number of hydrogen-bond acceptors (Lipinski definition) is 6. The van der Waals surface area contributed by atoms with Crippen molar-refractivity contribution in [2.45, 2.75) is 105 Å². The second kappa shape index (κ2) is 26.9. The number of esters is 3. The number of carbonyl (C=O) groups is 3. The molecule has 0 aliphatic rings. The third-order valence-corrected chi connectivity index (χ3v) is 4.27. The fraction of sp³-hybridized carbons (Fsp3) is 0.731. The van der Waals surface area contributed by atoms with Crippen LogP contribution >= 0.6 is 0 Å². The smallest absolute Gasteiger partial charge is 0.302 e. The Morgan fingerprint density at radius 1 is 0.500 bits per heavy atom. The van der Waals surface area contributed by atoms with Crippen molar-refractivity contribution < 1.29 is 28.6 Å². The molecule has 6 heteroatoms. The van der Waals surface area contributed by atoms with E-state index in [2.05, 4.69) is 31.2 Å². The van der Waals surface area contributed by atoms with Gasteiger partial charge < -0.3 is 14.2 Å². The first-order chi connectivity index (χ1) is 15.4. The molecule has 0 N–H and O–H groups in total. The quantitative estimate of drug-likeness (QED) is 0.102. The molecular weight excluding hydrogens is 408 g/mol. The van der Waals surface area contributed by atoms with Crippen LogP contribution in [-0.4, -0.2) is 37.7 Å². The highest BCUT2D eigenvalue weighted by molar-refractivity contribution is 5.66. The first-order valence-corrected chi connectivity index (χ1v) is 12.1. The van der Waals surface area contributed by atoms with Crippen LogP contribution in [0.4, 0.5) is 0 Å². The van der Waals surface area contributed by atoms with Crippen molar-refractivity contribution >= 4 is 17.9 Å². The maximum Gasteiger partial charge on any atom is 0.302 e. The average molecular weight is 455 g/mol. The zero-order valence-electron chi connectivity index (χ0n) is 20.9. The topological polar surface area (TPSA) is 78.9 Å². The molecule has 32 heavy (non-hydrogen) atoms. The van der Waals surface area contributed by atoms with Gasteiger partial charge in [-0.15, -0.1) is 0 Å². The minimum atomic E-state index is -0.210. The summed E-state index contributed by atoms with van der Waals surface area (Å²) in [5.74, 6) is -0.597. The summed E-state index contributed by atoms with van der Waals surface area (Å²) in [7, 11) is 0. The Balaban J connectivity index is 0. The van der Waals surface area contributed by atoms with Gasteiger partial charge in [0.15, 0.2) is 0 Å². The summed E-state index contributed by atoms with van der Waals surface area (Å²) in [6.07, 6.45) is 21.6. The molecule has 0 aliphatic heterocycles. The van der Waals surface area contributed by atoms with Gasteiger partial charge in [0.05, 0.1) is 19.8 Å². The molecule has 186 valence electrons. The molecule has 0 saturated carbocycles. The Kier molecular flexibility index (Phi) is 27.0. The molecule has 0 saturated heterocycles. The Labute approximate surface area is 195 Å². The van der Waals surface area contributed by atoms with E-state index in [0.29, 0.717) is 19.8 Å². The molecule has 0 aromatic rings. The van der Waals surface area contributed by atoms with Crippen LogP contribution in [0.25, 0.3) is 0 Å².